The van der Waals surface area contributed by atoms with Gasteiger partial charge < -0.3 is 4.74 Å². The fourth-order valence-electron chi connectivity index (χ4n) is 2.64. The third-order valence-electron chi connectivity index (χ3n) is 4.12. The Morgan fingerprint density at radius 3 is 2.81 bits per heavy atom. The van der Waals surface area contributed by atoms with Crippen LogP contribution in [0.5, 0.6) is 5.75 Å². The first-order chi connectivity index (χ1) is 12.9. The Kier molecular flexibility index (Phi) is 5.72. The number of amides is 1. The van der Waals surface area contributed by atoms with Crippen LogP contribution in [0, 0.1) is 20.8 Å². The van der Waals surface area contributed by atoms with Gasteiger partial charge in [0.1, 0.15) is 10.9 Å². The number of ether oxygens (including phenoxy) is 1. The molecule has 0 saturated heterocycles. The van der Waals surface area contributed by atoms with Gasteiger partial charge in [0.05, 0.1) is 11.7 Å². The standard InChI is InChI=1S/C21H20ClN3O2/c1-13-7-8-14(2)18(9-13)27-12-19(26)25-23-11-17-10-16-6-4-5-15(3)20(16)24-21(17)22/h4-11H,12H2,1-3H3,(H,25,26)/b23-11-. The van der Waals surface area contributed by atoms with Gasteiger partial charge in [-0.15, -0.1) is 0 Å². The van der Waals surface area contributed by atoms with Crippen LogP contribution in [0.2, 0.25) is 5.15 Å². The summed E-state index contributed by atoms with van der Waals surface area (Å²) in [6, 6.07) is 13.6. The summed E-state index contributed by atoms with van der Waals surface area (Å²) in [7, 11) is 0. The normalized spacial score (nSPS) is 11.1. The molecule has 27 heavy (non-hydrogen) atoms. The maximum Gasteiger partial charge on any atom is 0.277 e. The number of aryl methyl sites for hydroxylation is 3. The van der Waals surface area contributed by atoms with E-state index in [2.05, 4.69) is 15.5 Å². The van der Waals surface area contributed by atoms with Crippen LogP contribution >= 0.6 is 11.6 Å². The molecule has 0 radical (unpaired) electrons. The Morgan fingerprint density at radius 2 is 2.00 bits per heavy atom. The molecule has 0 aliphatic heterocycles. The van der Waals surface area contributed by atoms with Gasteiger partial charge in [0.2, 0.25) is 0 Å². The van der Waals surface area contributed by atoms with E-state index in [9.17, 15) is 4.79 Å². The number of pyridine rings is 1. The summed E-state index contributed by atoms with van der Waals surface area (Å²) >= 11 is 6.22. The van der Waals surface area contributed by atoms with Crippen molar-refractivity contribution in [2.45, 2.75) is 20.8 Å². The third-order valence-corrected chi connectivity index (χ3v) is 4.43. The molecule has 0 fully saturated rings. The van der Waals surface area contributed by atoms with Crippen molar-refractivity contribution in [2.24, 2.45) is 5.10 Å². The highest BCUT2D eigenvalue weighted by Gasteiger charge is 2.06. The molecule has 0 aliphatic rings. The van der Waals surface area contributed by atoms with E-state index >= 15 is 0 Å². The highest BCUT2D eigenvalue weighted by Crippen LogP contribution is 2.22. The predicted molar refractivity (Wildman–Crippen MR) is 109 cm³/mol. The monoisotopic (exact) mass is 381 g/mol. The molecule has 0 atom stereocenters. The number of nitrogens with zero attached hydrogens (tertiary/aromatic N) is 2. The van der Waals surface area contributed by atoms with Crippen molar-refractivity contribution in [1.82, 2.24) is 10.4 Å². The van der Waals surface area contributed by atoms with Crippen molar-refractivity contribution >= 4 is 34.6 Å². The Hall–Kier alpha value is -2.92. The van der Waals surface area contributed by atoms with Crippen LogP contribution in [0.1, 0.15) is 22.3 Å². The van der Waals surface area contributed by atoms with E-state index in [-0.39, 0.29) is 12.5 Å². The van der Waals surface area contributed by atoms with E-state index in [0.29, 0.717) is 16.5 Å². The van der Waals surface area contributed by atoms with E-state index in [1.165, 1.54) is 6.21 Å². The molecular formula is C21H20ClN3O2. The first-order valence-corrected chi connectivity index (χ1v) is 8.89. The molecule has 138 valence electrons. The molecule has 2 aromatic carbocycles. The van der Waals surface area contributed by atoms with Gasteiger partial charge in [0, 0.05) is 10.9 Å². The number of para-hydroxylation sites is 1. The van der Waals surface area contributed by atoms with Crippen molar-refractivity contribution in [3.8, 4) is 5.75 Å². The third kappa shape index (κ3) is 4.63. The second-order valence-electron chi connectivity index (χ2n) is 6.37. The number of carbonyl (C=O) groups excluding carboxylic acids is 1. The van der Waals surface area contributed by atoms with Crippen LogP contribution in [0.25, 0.3) is 10.9 Å². The van der Waals surface area contributed by atoms with E-state index < -0.39 is 0 Å². The van der Waals surface area contributed by atoms with Gasteiger partial charge in [-0.05, 0) is 49.6 Å². The summed E-state index contributed by atoms with van der Waals surface area (Å²) in [5.41, 5.74) is 7.02. The first-order valence-electron chi connectivity index (χ1n) is 8.52. The number of benzene rings is 2. The highest BCUT2D eigenvalue weighted by molar-refractivity contribution is 6.32. The van der Waals surface area contributed by atoms with E-state index in [1.54, 1.807) is 0 Å². The van der Waals surface area contributed by atoms with Crippen LogP contribution in [-0.2, 0) is 4.79 Å². The number of hydrogen-bond acceptors (Lipinski definition) is 4. The average Bonchev–Trinajstić information content (AvgIpc) is 2.64. The minimum Gasteiger partial charge on any atom is -0.483 e. The minimum atomic E-state index is -0.354. The van der Waals surface area contributed by atoms with Crippen molar-refractivity contribution in [3.05, 3.63) is 69.9 Å². The maximum atomic E-state index is 11.9. The van der Waals surface area contributed by atoms with E-state index in [0.717, 1.165) is 27.6 Å². The summed E-state index contributed by atoms with van der Waals surface area (Å²) in [5, 5.41) is 5.25. The molecule has 0 bridgehead atoms. The van der Waals surface area contributed by atoms with Gasteiger partial charge in [-0.2, -0.15) is 5.10 Å². The van der Waals surface area contributed by atoms with Crippen LogP contribution in [-0.4, -0.2) is 23.7 Å². The number of aromatic nitrogens is 1. The molecule has 6 heteroatoms. The zero-order valence-corrected chi connectivity index (χ0v) is 16.2. The second-order valence-corrected chi connectivity index (χ2v) is 6.72. The Balaban J connectivity index is 1.63. The van der Waals surface area contributed by atoms with Gasteiger partial charge in [-0.1, -0.05) is 41.9 Å². The van der Waals surface area contributed by atoms with Gasteiger partial charge in [-0.3, -0.25) is 4.79 Å². The first kappa shape index (κ1) is 18.9. The number of rotatable bonds is 5. The lowest BCUT2D eigenvalue weighted by molar-refractivity contribution is -0.123. The number of carbonyl (C=O) groups is 1. The molecule has 0 aliphatic carbocycles. The molecule has 5 nitrogen and oxygen atoms in total. The lowest BCUT2D eigenvalue weighted by Crippen LogP contribution is -2.24. The Bertz CT molecular complexity index is 1030. The molecule has 1 amide bonds. The Labute approximate surface area is 163 Å². The molecule has 0 unspecified atom stereocenters. The molecule has 1 aromatic heterocycles. The quantitative estimate of drug-likeness (QED) is 0.406. The van der Waals surface area contributed by atoms with Gasteiger partial charge in [0.25, 0.3) is 5.91 Å². The van der Waals surface area contributed by atoms with Gasteiger partial charge >= 0.3 is 0 Å². The highest BCUT2D eigenvalue weighted by atomic mass is 35.5. The SMILES string of the molecule is Cc1ccc(C)c(OCC(=O)N/N=C\c2cc3cccc(C)c3nc2Cl)c1. The number of hydrazone groups is 1. The molecule has 1 heterocycles. The second kappa shape index (κ2) is 8.18. The van der Waals surface area contributed by atoms with Gasteiger partial charge in [0.15, 0.2) is 6.61 Å². The van der Waals surface area contributed by atoms with Gasteiger partial charge in [-0.25, -0.2) is 10.4 Å². The van der Waals surface area contributed by atoms with E-state index in [4.69, 9.17) is 16.3 Å². The summed E-state index contributed by atoms with van der Waals surface area (Å²) in [5.74, 6) is 0.333. The van der Waals surface area contributed by atoms with Crippen molar-refractivity contribution in [2.75, 3.05) is 6.61 Å². The predicted octanol–water partition coefficient (Wildman–Crippen LogP) is 4.34. The molecular weight excluding hydrogens is 362 g/mol. The van der Waals surface area contributed by atoms with Crippen LogP contribution < -0.4 is 10.2 Å². The summed E-state index contributed by atoms with van der Waals surface area (Å²) in [6.45, 7) is 5.76. The fraction of sp³-hybridized carbons (Fsp3) is 0.190. The topological polar surface area (TPSA) is 63.6 Å². The zero-order chi connectivity index (χ0) is 19.4. The summed E-state index contributed by atoms with van der Waals surface area (Å²) < 4.78 is 5.55. The molecule has 3 aromatic rings. The lowest BCUT2D eigenvalue weighted by atomic mass is 10.1. The van der Waals surface area contributed by atoms with Crippen molar-refractivity contribution < 1.29 is 9.53 Å². The Morgan fingerprint density at radius 1 is 1.19 bits per heavy atom. The fourth-order valence-corrected chi connectivity index (χ4v) is 2.83. The molecule has 3 rings (SSSR count). The number of halogens is 1. The molecule has 1 N–H and O–H groups in total. The van der Waals surface area contributed by atoms with Crippen LogP contribution in [0.4, 0.5) is 0 Å². The molecule has 0 spiro atoms. The summed E-state index contributed by atoms with van der Waals surface area (Å²) in [4.78, 5) is 16.3. The minimum absolute atomic E-state index is 0.121. The van der Waals surface area contributed by atoms with Crippen molar-refractivity contribution in [3.63, 3.8) is 0 Å². The van der Waals surface area contributed by atoms with E-state index in [1.807, 2.05) is 63.2 Å². The van der Waals surface area contributed by atoms with Crippen LogP contribution in [0.3, 0.4) is 0 Å². The maximum absolute atomic E-state index is 11.9. The molecule has 0 saturated carbocycles. The average molecular weight is 382 g/mol. The number of nitrogens with one attached hydrogen (secondary N) is 1. The number of fused-ring (bicyclic) bond motifs is 1. The summed E-state index contributed by atoms with van der Waals surface area (Å²) in [6.07, 6.45) is 1.48. The lowest BCUT2D eigenvalue weighted by Gasteiger charge is -2.09. The zero-order valence-electron chi connectivity index (χ0n) is 15.4. The van der Waals surface area contributed by atoms with Crippen LogP contribution in [0.15, 0.2) is 47.6 Å². The largest absolute Gasteiger partial charge is 0.483 e. The number of hydrogen-bond donors (Lipinski definition) is 1. The van der Waals surface area contributed by atoms with Crippen molar-refractivity contribution in [1.29, 1.82) is 0 Å². The smallest absolute Gasteiger partial charge is 0.277 e.